The van der Waals surface area contributed by atoms with E-state index in [-0.39, 0.29) is 0 Å². The summed E-state index contributed by atoms with van der Waals surface area (Å²) < 4.78 is 0. The molecule has 0 aromatic rings. The molecule has 0 saturated heterocycles. The average molecular weight is 172 g/mol. The smallest absolute Gasteiger partial charge is 0.00386 e. The van der Waals surface area contributed by atoms with Gasteiger partial charge in [0.1, 0.15) is 0 Å². The second-order valence-electron chi connectivity index (χ2n) is 3.35. The van der Waals surface area contributed by atoms with E-state index in [0.717, 1.165) is 19.6 Å². The minimum absolute atomic E-state index is 0.691. The molecule has 74 valence electrons. The maximum Gasteiger partial charge on any atom is 0.00386 e. The summed E-state index contributed by atoms with van der Waals surface area (Å²) in [4.78, 5) is 0. The Balaban J connectivity index is 2.97. The van der Waals surface area contributed by atoms with Crippen LogP contribution in [0.25, 0.3) is 0 Å². The third-order valence-corrected chi connectivity index (χ3v) is 1.99. The van der Waals surface area contributed by atoms with E-state index in [1.807, 2.05) is 0 Å². The highest BCUT2D eigenvalue weighted by molar-refractivity contribution is 4.59. The van der Waals surface area contributed by atoms with E-state index in [9.17, 15) is 0 Å². The molecule has 0 amide bonds. The molecule has 0 aromatic carbocycles. The Labute approximate surface area is 77.1 Å². The predicted octanol–water partition coefficient (Wildman–Crippen LogP) is 1.76. The van der Waals surface area contributed by atoms with Crippen molar-refractivity contribution in [1.82, 2.24) is 10.6 Å². The van der Waals surface area contributed by atoms with Gasteiger partial charge in [-0.3, -0.25) is 0 Å². The normalized spacial score (nSPS) is 13.2. The van der Waals surface area contributed by atoms with Gasteiger partial charge in [-0.1, -0.05) is 20.3 Å². The van der Waals surface area contributed by atoms with Crippen LogP contribution in [0, 0.1) is 0 Å². The first kappa shape index (κ1) is 11.9. The van der Waals surface area contributed by atoms with Crippen LogP contribution in [-0.2, 0) is 0 Å². The molecular weight excluding hydrogens is 148 g/mol. The zero-order chi connectivity index (χ0) is 9.23. The predicted molar refractivity (Wildman–Crippen MR) is 55.5 cm³/mol. The van der Waals surface area contributed by atoms with E-state index in [0.29, 0.717) is 6.04 Å². The SMILES string of the molecule is CCCC(C)NCCCNCC. The lowest BCUT2D eigenvalue weighted by Gasteiger charge is -2.12. The Hall–Kier alpha value is -0.0800. The van der Waals surface area contributed by atoms with Crippen LogP contribution in [0.1, 0.15) is 40.0 Å². The number of hydrogen-bond donors (Lipinski definition) is 2. The molecule has 0 aliphatic carbocycles. The van der Waals surface area contributed by atoms with Gasteiger partial charge in [0.05, 0.1) is 0 Å². The molecule has 1 atom stereocenters. The van der Waals surface area contributed by atoms with E-state index in [1.165, 1.54) is 19.3 Å². The second-order valence-corrected chi connectivity index (χ2v) is 3.35. The van der Waals surface area contributed by atoms with Gasteiger partial charge in [0.2, 0.25) is 0 Å². The second kappa shape index (κ2) is 9.01. The van der Waals surface area contributed by atoms with Gasteiger partial charge in [0, 0.05) is 6.04 Å². The molecule has 2 heteroatoms. The summed E-state index contributed by atoms with van der Waals surface area (Å²) in [6, 6.07) is 0.691. The molecule has 0 aromatic heterocycles. The third-order valence-electron chi connectivity index (χ3n) is 1.99. The molecule has 0 rings (SSSR count). The van der Waals surface area contributed by atoms with Crippen molar-refractivity contribution in [3.8, 4) is 0 Å². The van der Waals surface area contributed by atoms with Crippen molar-refractivity contribution < 1.29 is 0 Å². The van der Waals surface area contributed by atoms with Crippen LogP contribution in [0.5, 0.6) is 0 Å². The van der Waals surface area contributed by atoms with Crippen LogP contribution in [-0.4, -0.2) is 25.7 Å². The Morgan fingerprint density at radius 2 is 1.92 bits per heavy atom. The standard InChI is InChI=1S/C10H24N2/c1-4-7-10(3)12-9-6-8-11-5-2/h10-12H,4-9H2,1-3H3. The fraction of sp³-hybridized carbons (Fsp3) is 1.00. The highest BCUT2D eigenvalue weighted by atomic mass is 14.9. The van der Waals surface area contributed by atoms with Crippen molar-refractivity contribution in [2.24, 2.45) is 0 Å². The molecule has 0 heterocycles. The fourth-order valence-corrected chi connectivity index (χ4v) is 1.27. The topological polar surface area (TPSA) is 24.1 Å². The zero-order valence-electron chi connectivity index (χ0n) is 8.82. The number of rotatable bonds is 8. The Bertz CT molecular complexity index is 83.9. The molecule has 2 nitrogen and oxygen atoms in total. The van der Waals surface area contributed by atoms with Crippen LogP contribution >= 0.6 is 0 Å². The lowest BCUT2D eigenvalue weighted by molar-refractivity contribution is 0.495. The van der Waals surface area contributed by atoms with Crippen LogP contribution < -0.4 is 10.6 Å². The lowest BCUT2D eigenvalue weighted by atomic mass is 10.2. The summed E-state index contributed by atoms with van der Waals surface area (Å²) in [6.45, 7) is 10.0. The highest BCUT2D eigenvalue weighted by Gasteiger charge is 1.97. The number of hydrogen-bond acceptors (Lipinski definition) is 2. The zero-order valence-corrected chi connectivity index (χ0v) is 8.82. The highest BCUT2D eigenvalue weighted by Crippen LogP contribution is 1.93. The largest absolute Gasteiger partial charge is 0.317 e. The first-order valence-corrected chi connectivity index (χ1v) is 5.25. The molecule has 12 heavy (non-hydrogen) atoms. The molecule has 0 radical (unpaired) electrons. The van der Waals surface area contributed by atoms with Crippen molar-refractivity contribution in [1.29, 1.82) is 0 Å². The molecule has 0 saturated carbocycles. The summed E-state index contributed by atoms with van der Waals surface area (Å²) in [6.07, 6.45) is 3.81. The monoisotopic (exact) mass is 172 g/mol. The van der Waals surface area contributed by atoms with E-state index in [4.69, 9.17) is 0 Å². The maximum atomic E-state index is 3.50. The summed E-state index contributed by atoms with van der Waals surface area (Å²) in [7, 11) is 0. The summed E-state index contributed by atoms with van der Waals surface area (Å²) in [5.41, 5.74) is 0. The summed E-state index contributed by atoms with van der Waals surface area (Å²) >= 11 is 0. The molecule has 2 N–H and O–H groups in total. The van der Waals surface area contributed by atoms with Crippen molar-refractivity contribution in [3.63, 3.8) is 0 Å². The minimum Gasteiger partial charge on any atom is -0.317 e. The van der Waals surface area contributed by atoms with E-state index >= 15 is 0 Å². The van der Waals surface area contributed by atoms with Gasteiger partial charge in [-0.25, -0.2) is 0 Å². The number of nitrogens with one attached hydrogen (secondary N) is 2. The van der Waals surface area contributed by atoms with Gasteiger partial charge in [0.15, 0.2) is 0 Å². The third kappa shape index (κ3) is 8.02. The van der Waals surface area contributed by atoms with Gasteiger partial charge in [-0.2, -0.15) is 0 Å². The maximum absolute atomic E-state index is 3.50. The van der Waals surface area contributed by atoms with Crippen molar-refractivity contribution in [2.45, 2.75) is 46.1 Å². The van der Waals surface area contributed by atoms with Crippen molar-refractivity contribution >= 4 is 0 Å². The molecule has 0 spiro atoms. The van der Waals surface area contributed by atoms with E-state index in [2.05, 4.69) is 31.4 Å². The Kier molecular flexibility index (Phi) is 8.95. The van der Waals surface area contributed by atoms with Gasteiger partial charge >= 0.3 is 0 Å². The van der Waals surface area contributed by atoms with E-state index < -0.39 is 0 Å². The van der Waals surface area contributed by atoms with Gasteiger partial charge < -0.3 is 10.6 Å². The first-order chi connectivity index (χ1) is 5.81. The molecule has 0 fully saturated rings. The van der Waals surface area contributed by atoms with Crippen molar-refractivity contribution in [3.05, 3.63) is 0 Å². The summed E-state index contributed by atoms with van der Waals surface area (Å²) in [5.74, 6) is 0. The molecule has 0 bridgehead atoms. The molecular formula is C10H24N2. The van der Waals surface area contributed by atoms with Crippen LogP contribution in [0.2, 0.25) is 0 Å². The molecule has 0 aliphatic rings. The van der Waals surface area contributed by atoms with Crippen LogP contribution in [0.4, 0.5) is 0 Å². The average Bonchev–Trinajstić information content (AvgIpc) is 2.05. The first-order valence-electron chi connectivity index (χ1n) is 5.25. The van der Waals surface area contributed by atoms with Crippen LogP contribution in [0.15, 0.2) is 0 Å². The van der Waals surface area contributed by atoms with Gasteiger partial charge in [-0.15, -0.1) is 0 Å². The van der Waals surface area contributed by atoms with Crippen molar-refractivity contribution in [2.75, 3.05) is 19.6 Å². The summed E-state index contributed by atoms with van der Waals surface area (Å²) in [5, 5.41) is 6.82. The fourth-order valence-electron chi connectivity index (χ4n) is 1.27. The minimum atomic E-state index is 0.691. The quantitative estimate of drug-likeness (QED) is 0.545. The van der Waals surface area contributed by atoms with Gasteiger partial charge in [0.25, 0.3) is 0 Å². The Morgan fingerprint density at radius 3 is 2.50 bits per heavy atom. The Morgan fingerprint density at radius 1 is 1.17 bits per heavy atom. The van der Waals surface area contributed by atoms with E-state index in [1.54, 1.807) is 0 Å². The van der Waals surface area contributed by atoms with Gasteiger partial charge in [-0.05, 0) is 39.4 Å². The lowest BCUT2D eigenvalue weighted by Crippen LogP contribution is -2.29. The molecule has 1 unspecified atom stereocenters. The molecule has 0 aliphatic heterocycles. The van der Waals surface area contributed by atoms with Crippen LogP contribution in [0.3, 0.4) is 0 Å².